The molecule has 0 saturated carbocycles. The molecule has 2 aromatic carbocycles. The molecule has 37 heavy (non-hydrogen) atoms. The predicted molar refractivity (Wildman–Crippen MR) is 150 cm³/mol. The second kappa shape index (κ2) is 12.4. The first kappa shape index (κ1) is 27.5. The van der Waals surface area contributed by atoms with Gasteiger partial charge in [-0.05, 0) is 79.8 Å². The van der Waals surface area contributed by atoms with Crippen molar-refractivity contribution >= 4 is 23.6 Å². The second-order valence-corrected chi connectivity index (χ2v) is 11.6. The largest absolute Gasteiger partial charge is 0.457 e. The highest BCUT2D eigenvalue weighted by Crippen LogP contribution is 2.35. The number of ether oxygens (including phenoxy) is 1. The first-order chi connectivity index (χ1) is 17.8. The van der Waals surface area contributed by atoms with Crippen LogP contribution in [0.15, 0.2) is 53.4 Å². The highest BCUT2D eigenvalue weighted by atomic mass is 32.2. The van der Waals surface area contributed by atoms with Crippen LogP contribution in [0.4, 0.5) is 0 Å². The van der Waals surface area contributed by atoms with Crippen molar-refractivity contribution < 1.29 is 14.3 Å². The zero-order valence-electron chi connectivity index (χ0n) is 22.7. The summed E-state index contributed by atoms with van der Waals surface area (Å²) in [4.78, 5) is 32.4. The van der Waals surface area contributed by atoms with Crippen LogP contribution in [0.25, 0.3) is 0 Å². The standard InChI is InChI=1S/C30H41N3O3S/c1-5-6-17-33-28(34)27(20-22(2)3)31-29(35)30(33)15-18-32(19-16-30)21-23-7-9-24(10-8-23)36-25-11-13-26(37-4)14-12-25/h7-14,22,27H,5-6,15-21H2,1-4H3,(H,31,35). The molecule has 7 heteroatoms. The van der Waals surface area contributed by atoms with Crippen molar-refractivity contribution in [1.82, 2.24) is 15.1 Å². The van der Waals surface area contributed by atoms with E-state index >= 15 is 0 Å². The van der Waals surface area contributed by atoms with Gasteiger partial charge in [0.15, 0.2) is 0 Å². The lowest BCUT2D eigenvalue weighted by atomic mass is 9.80. The minimum Gasteiger partial charge on any atom is -0.457 e. The van der Waals surface area contributed by atoms with Crippen LogP contribution in [0.1, 0.15) is 58.4 Å². The van der Waals surface area contributed by atoms with Gasteiger partial charge < -0.3 is 15.0 Å². The van der Waals surface area contributed by atoms with Crippen molar-refractivity contribution in [2.24, 2.45) is 5.92 Å². The van der Waals surface area contributed by atoms with Crippen molar-refractivity contribution in [2.75, 3.05) is 25.9 Å². The predicted octanol–water partition coefficient (Wildman–Crippen LogP) is 5.71. The first-order valence-electron chi connectivity index (χ1n) is 13.6. The maximum Gasteiger partial charge on any atom is 0.246 e. The van der Waals surface area contributed by atoms with E-state index < -0.39 is 11.6 Å². The summed E-state index contributed by atoms with van der Waals surface area (Å²) in [5, 5.41) is 3.10. The molecular formula is C30H41N3O3S. The summed E-state index contributed by atoms with van der Waals surface area (Å²) < 4.78 is 5.99. The van der Waals surface area contributed by atoms with E-state index in [0.717, 1.165) is 44.0 Å². The number of nitrogens with zero attached hydrogens (tertiary/aromatic N) is 2. The van der Waals surface area contributed by atoms with Gasteiger partial charge in [-0.1, -0.05) is 39.3 Å². The molecule has 0 radical (unpaired) electrons. The lowest BCUT2D eigenvalue weighted by Crippen LogP contribution is -2.73. The molecule has 1 unspecified atom stereocenters. The number of likely N-dealkylation sites (tertiary alicyclic amines) is 1. The average Bonchev–Trinajstić information content (AvgIpc) is 2.90. The number of hydrogen-bond acceptors (Lipinski definition) is 5. The Labute approximate surface area is 226 Å². The van der Waals surface area contributed by atoms with Gasteiger partial charge in [0.2, 0.25) is 11.8 Å². The molecule has 6 nitrogen and oxygen atoms in total. The number of amides is 2. The molecule has 2 aliphatic heterocycles. The normalized spacial score (nSPS) is 19.9. The van der Waals surface area contributed by atoms with Gasteiger partial charge in [0, 0.05) is 31.1 Å². The number of carbonyl (C=O) groups is 2. The van der Waals surface area contributed by atoms with E-state index in [-0.39, 0.29) is 11.8 Å². The van der Waals surface area contributed by atoms with Crippen molar-refractivity contribution in [2.45, 2.75) is 75.9 Å². The van der Waals surface area contributed by atoms with Crippen LogP contribution >= 0.6 is 11.8 Å². The third-order valence-corrected chi connectivity index (χ3v) is 8.30. The molecule has 1 N–H and O–H groups in total. The van der Waals surface area contributed by atoms with Gasteiger partial charge in [0.1, 0.15) is 23.1 Å². The fourth-order valence-electron chi connectivity index (χ4n) is 5.43. The Balaban J connectivity index is 1.37. The molecule has 2 heterocycles. The van der Waals surface area contributed by atoms with Crippen molar-refractivity contribution in [1.29, 1.82) is 0 Å². The van der Waals surface area contributed by atoms with Crippen LogP contribution in [0, 0.1) is 5.92 Å². The lowest BCUT2D eigenvalue weighted by molar-refractivity contribution is -0.161. The lowest BCUT2D eigenvalue weighted by Gasteiger charge is -2.52. The maximum absolute atomic E-state index is 13.4. The van der Waals surface area contributed by atoms with Gasteiger partial charge in [0.25, 0.3) is 0 Å². The van der Waals surface area contributed by atoms with Gasteiger partial charge in [-0.3, -0.25) is 14.5 Å². The SMILES string of the molecule is CCCCN1C(=O)C(CC(C)C)NC(=O)C12CCN(Cc1ccc(Oc3ccc(SC)cc3)cc1)CC2. The maximum atomic E-state index is 13.4. The third-order valence-electron chi connectivity index (χ3n) is 7.56. The van der Waals surface area contributed by atoms with Gasteiger partial charge in [-0.2, -0.15) is 0 Å². The Kier molecular flexibility index (Phi) is 9.19. The molecule has 1 atom stereocenters. The quantitative estimate of drug-likeness (QED) is 0.404. The molecule has 4 rings (SSSR count). The third kappa shape index (κ3) is 6.50. The topological polar surface area (TPSA) is 61.9 Å². The minimum absolute atomic E-state index is 0.0422. The average molecular weight is 524 g/mol. The van der Waals surface area contributed by atoms with Gasteiger partial charge in [-0.15, -0.1) is 11.8 Å². The van der Waals surface area contributed by atoms with E-state index in [1.54, 1.807) is 11.8 Å². The van der Waals surface area contributed by atoms with E-state index in [4.69, 9.17) is 4.74 Å². The monoisotopic (exact) mass is 523 g/mol. The van der Waals surface area contributed by atoms with Crippen LogP contribution in [0.3, 0.4) is 0 Å². The smallest absolute Gasteiger partial charge is 0.246 e. The molecular weight excluding hydrogens is 482 g/mol. The van der Waals surface area contributed by atoms with Crippen LogP contribution in [-0.4, -0.2) is 59.1 Å². The Morgan fingerprint density at radius 3 is 2.22 bits per heavy atom. The van der Waals surface area contributed by atoms with Crippen molar-refractivity contribution in [3.05, 3.63) is 54.1 Å². The number of hydrogen-bond donors (Lipinski definition) is 1. The number of piperidine rings is 1. The van der Waals surface area contributed by atoms with Crippen molar-refractivity contribution in [3.63, 3.8) is 0 Å². The molecule has 0 bridgehead atoms. The fourth-order valence-corrected chi connectivity index (χ4v) is 5.83. The molecule has 2 saturated heterocycles. The van der Waals surface area contributed by atoms with E-state index in [9.17, 15) is 9.59 Å². The molecule has 2 aliphatic rings. The van der Waals surface area contributed by atoms with E-state index in [1.165, 1.54) is 10.5 Å². The number of carbonyl (C=O) groups excluding carboxylic acids is 2. The van der Waals surface area contributed by atoms with Gasteiger partial charge >= 0.3 is 0 Å². The van der Waals surface area contributed by atoms with Gasteiger partial charge in [0.05, 0.1) is 0 Å². The minimum atomic E-state index is -0.709. The number of thioether (sulfide) groups is 1. The van der Waals surface area contributed by atoms with Crippen LogP contribution < -0.4 is 10.1 Å². The number of nitrogens with one attached hydrogen (secondary N) is 1. The summed E-state index contributed by atoms with van der Waals surface area (Å²) in [5.74, 6) is 2.15. The van der Waals surface area contributed by atoms with E-state index in [0.29, 0.717) is 31.7 Å². The Hall–Kier alpha value is -2.51. The highest BCUT2D eigenvalue weighted by molar-refractivity contribution is 7.98. The van der Waals surface area contributed by atoms with E-state index in [2.05, 4.69) is 61.5 Å². The fraction of sp³-hybridized carbons (Fsp3) is 0.533. The number of unbranched alkanes of at least 4 members (excludes halogenated alkanes) is 1. The zero-order valence-corrected chi connectivity index (χ0v) is 23.5. The summed E-state index contributed by atoms with van der Waals surface area (Å²) in [6, 6.07) is 16.0. The molecule has 2 aromatic rings. The summed E-state index contributed by atoms with van der Waals surface area (Å²) in [7, 11) is 0. The van der Waals surface area contributed by atoms with Crippen molar-refractivity contribution in [3.8, 4) is 11.5 Å². The molecule has 2 fully saturated rings. The van der Waals surface area contributed by atoms with Crippen LogP contribution in [0.2, 0.25) is 0 Å². The van der Waals surface area contributed by atoms with Gasteiger partial charge in [-0.25, -0.2) is 0 Å². The summed E-state index contributed by atoms with van der Waals surface area (Å²) in [5.41, 5.74) is 0.504. The first-order valence-corrected chi connectivity index (χ1v) is 14.8. The summed E-state index contributed by atoms with van der Waals surface area (Å²) in [6.07, 6.45) is 6.04. The molecule has 200 valence electrons. The molecule has 2 amide bonds. The number of piperazine rings is 1. The zero-order chi connectivity index (χ0) is 26.4. The Morgan fingerprint density at radius 2 is 1.65 bits per heavy atom. The number of benzene rings is 2. The number of rotatable bonds is 10. The second-order valence-electron chi connectivity index (χ2n) is 10.7. The van der Waals surface area contributed by atoms with E-state index in [1.807, 2.05) is 29.2 Å². The molecule has 1 spiro atoms. The Morgan fingerprint density at radius 1 is 1.03 bits per heavy atom. The van der Waals surface area contributed by atoms with Crippen LogP contribution in [0.5, 0.6) is 11.5 Å². The Bertz CT molecular complexity index is 1050. The molecule has 0 aromatic heterocycles. The summed E-state index contributed by atoms with van der Waals surface area (Å²) >= 11 is 1.71. The van der Waals surface area contributed by atoms with Crippen LogP contribution in [-0.2, 0) is 16.1 Å². The highest BCUT2D eigenvalue weighted by Gasteiger charge is 2.53. The molecule has 0 aliphatic carbocycles. The summed E-state index contributed by atoms with van der Waals surface area (Å²) in [6.45, 7) is 9.39.